The van der Waals surface area contributed by atoms with E-state index in [1.807, 2.05) is 6.07 Å². The van der Waals surface area contributed by atoms with Crippen LogP contribution in [-0.4, -0.2) is 6.04 Å². The number of nitrogens with two attached hydrogens (primary N) is 1. The molecule has 0 radical (unpaired) electrons. The molecule has 0 amide bonds. The Bertz CT molecular complexity index is 271. The number of rotatable bonds is 2. The van der Waals surface area contributed by atoms with Gasteiger partial charge in [-0.2, -0.15) is 0 Å². The van der Waals surface area contributed by atoms with Gasteiger partial charge in [0.15, 0.2) is 0 Å². The Morgan fingerprint density at radius 3 is 2.75 bits per heavy atom. The predicted molar refractivity (Wildman–Crippen MR) is 53.7 cm³/mol. The lowest BCUT2D eigenvalue weighted by Crippen LogP contribution is -2.40. The van der Waals surface area contributed by atoms with E-state index in [0.717, 1.165) is 10.8 Å². The van der Waals surface area contributed by atoms with Gasteiger partial charge >= 0.3 is 0 Å². The second-order valence-corrected chi connectivity index (χ2v) is 5.21. The fraction of sp³-hybridized carbons (Fsp3) is 0.556. The summed E-state index contributed by atoms with van der Waals surface area (Å²) in [6.45, 7) is 0. The van der Waals surface area contributed by atoms with Crippen LogP contribution in [0.1, 0.15) is 17.7 Å². The Hall–Kier alpha value is -0.0500. The first-order chi connectivity index (χ1) is 5.75. The molecule has 0 aromatic carbocycles. The van der Waals surface area contributed by atoms with Gasteiger partial charge in [0, 0.05) is 10.9 Å². The van der Waals surface area contributed by atoms with Gasteiger partial charge in [0.05, 0.1) is 4.34 Å². The molecule has 1 saturated carbocycles. The maximum Gasteiger partial charge on any atom is 0.0931 e. The molecule has 0 saturated heterocycles. The molecule has 1 aromatic heterocycles. The van der Waals surface area contributed by atoms with Crippen LogP contribution in [0, 0.1) is 5.92 Å². The van der Waals surface area contributed by atoms with Crippen molar-refractivity contribution < 1.29 is 0 Å². The first-order valence-corrected chi connectivity index (χ1v) is 5.45. The normalized spacial score (nSPS) is 28.5. The molecule has 2 rings (SSSR count). The average Bonchev–Trinajstić information content (AvgIpc) is 2.44. The maximum atomic E-state index is 5.85. The fourth-order valence-corrected chi connectivity index (χ4v) is 2.75. The van der Waals surface area contributed by atoms with E-state index in [1.165, 1.54) is 17.7 Å². The van der Waals surface area contributed by atoms with Crippen LogP contribution in [0.15, 0.2) is 12.1 Å². The number of thiophene rings is 1. The summed E-state index contributed by atoms with van der Waals surface area (Å²) >= 11 is 7.51. The highest BCUT2D eigenvalue weighted by Crippen LogP contribution is 2.32. The van der Waals surface area contributed by atoms with Crippen molar-refractivity contribution in [1.82, 2.24) is 0 Å². The topological polar surface area (TPSA) is 26.0 Å². The van der Waals surface area contributed by atoms with Gasteiger partial charge in [0.2, 0.25) is 0 Å². The lowest BCUT2D eigenvalue weighted by Gasteiger charge is -2.33. The minimum atomic E-state index is 0.436. The van der Waals surface area contributed by atoms with E-state index >= 15 is 0 Å². The van der Waals surface area contributed by atoms with E-state index in [1.54, 1.807) is 11.3 Å². The maximum absolute atomic E-state index is 5.85. The fourth-order valence-electron chi connectivity index (χ4n) is 1.57. The standard InChI is InChI=1S/C9H12ClNS/c10-9-4-2-7(12-9)5-6-1-3-8(6)11/h2,4,6,8H,1,3,5,11H2. The zero-order valence-electron chi connectivity index (χ0n) is 6.79. The lowest BCUT2D eigenvalue weighted by atomic mass is 9.78. The number of halogens is 1. The Balaban J connectivity index is 1.95. The van der Waals surface area contributed by atoms with Crippen molar-refractivity contribution in [3.05, 3.63) is 21.3 Å². The molecule has 12 heavy (non-hydrogen) atoms. The zero-order valence-corrected chi connectivity index (χ0v) is 8.37. The first-order valence-electron chi connectivity index (χ1n) is 4.25. The number of hydrogen-bond donors (Lipinski definition) is 1. The second kappa shape index (κ2) is 3.36. The lowest BCUT2D eigenvalue weighted by molar-refractivity contribution is 0.257. The summed E-state index contributed by atoms with van der Waals surface area (Å²) in [6.07, 6.45) is 3.61. The van der Waals surface area contributed by atoms with E-state index in [2.05, 4.69) is 6.07 Å². The van der Waals surface area contributed by atoms with Crippen LogP contribution in [0.5, 0.6) is 0 Å². The van der Waals surface area contributed by atoms with Gasteiger partial charge in [-0.3, -0.25) is 0 Å². The van der Waals surface area contributed by atoms with Crippen LogP contribution >= 0.6 is 22.9 Å². The van der Waals surface area contributed by atoms with Gasteiger partial charge in [-0.15, -0.1) is 11.3 Å². The van der Waals surface area contributed by atoms with Crippen LogP contribution in [-0.2, 0) is 6.42 Å². The smallest absolute Gasteiger partial charge is 0.0931 e. The van der Waals surface area contributed by atoms with Gasteiger partial charge in [-0.05, 0) is 37.3 Å². The van der Waals surface area contributed by atoms with E-state index in [-0.39, 0.29) is 0 Å². The minimum Gasteiger partial charge on any atom is -0.327 e. The molecule has 1 fully saturated rings. The molecule has 1 aromatic rings. The molecular formula is C9H12ClNS. The van der Waals surface area contributed by atoms with Crippen molar-refractivity contribution in [3.63, 3.8) is 0 Å². The molecule has 2 unspecified atom stereocenters. The van der Waals surface area contributed by atoms with Crippen LogP contribution in [0.3, 0.4) is 0 Å². The Labute approximate surface area is 81.5 Å². The van der Waals surface area contributed by atoms with E-state index in [0.29, 0.717) is 12.0 Å². The second-order valence-electron chi connectivity index (χ2n) is 3.41. The molecule has 1 aliphatic carbocycles. The van der Waals surface area contributed by atoms with Gasteiger partial charge in [0.25, 0.3) is 0 Å². The molecule has 0 bridgehead atoms. The summed E-state index contributed by atoms with van der Waals surface area (Å²) < 4.78 is 0.887. The van der Waals surface area contributed by atoms with E-state index in [9.17, 15) is 0 Å². The Kier molecular flexibility index (Phi) is 2.40. The summed E-state index contributed by atoms with van der Waals surface area (Å²) in [4.78, 5) is 1.38. The summed E-state index contributed by atoms with van der Waals surface area (Å²) in [6, 6.07) is 4.51. The molecule has 1 aliphatic rings. The quantitative estimate of drug-likeness (QED) is 0.783. The highest BCUT2D eigenvalue weighted by atomic mass is 35.5. The summed E-state index contributed by atoms with van der Waals surface area (Å²) in [7, 11) is 0. The third-order valence-electron chi connectivity index (χ3n) is 2.57. The Morgan fingerprint density at radius 2 is 2.33 bits per heavy atom. The number of hydrogen-bond acceptors (Lipinski definition) is 2. The summed E-state index contributed by atoms with van der Waals surface area (Å²) in [5.41, 5.74) is 5.85. The molecule has 2 N–H and O–H groups in total. The minimum absolute atomic E-state index is 0.436. The highest BCUT2D eigenvalue weighted by Gasteiger charge is 2.27. The van der Waals surface area contributed by atoms with Crippen molar-refractivity contribution >= 4 is 22.9 Å². The monoisotopic (exact) mass is 201 g/mol. The third-order valence-corrected chi connectivity index (χ3v) is 3.82. The van der Waals surface area contributed by atoms with E-state index < -0.39 is 0 Å². The SMILES string of the molecule is NC1CCC1Cc1ccc(Cl)s1. The molecule has 0 aliphatic heterocycles. The van der Waals surface area contributed by atoms with Crippen molar-refractivity contribution in [2.24, 2.45) is 11.7 Å². The molecule has 1 nitrogen and oxygen atoms in total. The van der Waals surface area contributed by atoms with Crippen LogP contribution in [0.2, 0.25) is 4.34 Å². The summed E-state index contributed by atoms with van der Waals surface area (Å²) in [5, 5.41) is 0. The van der Waals surface area contributed by atoms with Gasteiger partial charge in [-0.1, -0.05) is 11.6 Å². The first kappa shape index (κ1) is 8.54. The average molecular weight is 202 g/mol. The third kappa shape index (κ3) is 1.65. The molecule has 1 heterocycles. The molecule has 66 valence electrons. The van der Waals surface area contributed by atoms with Crippen molar-refractivity contribution in [1.29, 1.82) is 0 Å². The van der Waals surface area contributed by atoms with Crippen LogP contribution in [0.25, 0.3) is 0 Å². The van der Waals surface area contributed by atoms with Crippen molar-refractivity contribution in [2.75, 3.05) is 0 Å². The Morgan fingerprint density at radius 1 is 1.50 bits per heavy atom. The van der Waals surface area contributed by atoms with Gasteiger partial charge < -0.3 is 5.73 Å². The van der Waals surface area contributed by atoms with Gasteiger partial charge in [0.1, 0.15) is 0 Å². The zero-order chi connectivity index (χ0) is 8.55. The molecule has 0 spiro atoms. The molecule has 3 heteroatoms. The molecular weight excluding hydrogens is 190 g/mol. The van der Waals surface area contributed by atoms with Crippen molar-refractivity contribution in [3.8, 4) is 0 Å². The summed E-state index contributed by atoms with van der Waals surface area (Å²) in [5.74, 6) is 0.708. The predicted octanol–water partition coefficient (Wildman–Crippen LogP) is 2.68. The molecule has 2 atom stereocenters. The largest absolute Gasteiger partial charge is 0.327 e. The van der Waals surface area contributed by atoms with Crippen LogP contribution in [0.4, 0.5) is 0 Å². The van der Waals surface area contributed by atoms with E-state index in [4.69, 9.17) is 17.3 Å². The highest BCUT2D eigenvalue weighted by molar-refractivity contribution is 7.16. The van der Waals surface area contributed by atoms with Crippen molar-refractivity contribution in [2.45, 2.75) is 25.3 Å². The van der Waals surface area contributed by atoms with Gasteiger partial charge in [-0.25, -0.2) is 0 Å². The van der Waals surface area contributed by atoms with Crippen LogP contribution < -0.4 is 5.73 Å².